The average Bonchev–Trinajstić information content (AvgIpc) is 3.06. The normalized spacial score (nSPS) is 15.7. The summed E-state index contributed by atoms with van der Waals surface area (Å²) < 4.78 is 5.34. The second kappa shape index (κ2) is 8.94. The van der Waals surface area contributed by atoms with Crippen molar-refractivity contribution >= 4 is 34.4 Å². The Hall–Kier alpha value is -1.96. The van der Waals surface area contributed by atoms with E-state index < -0.39 is 0 Å². The lowest BCUT2D eigenvalue weighted by atomic mass is 10.1. The number of benzene rings is 1. The molecule has 0 radical (unpaired) electrons. The summed E-state index contributed by atoms with van der Waals surface area (Å²) in [5.41, 5.74) is 6.42. The van der Waals surface area contributed by atoms with E-state index in [1.54, 1.807) is 6.21 Å². The smallest absolute Gasteiger partial charge is 0.187 e. The average molecular weight is 359 g/mol. The Bertz CT molecular complexity index is 736. The third-order valence-electron chi connectivity index (χ3n) is 4.40. The lowest BCUT2D eigenvalue weighted by Crippen LogP contribution is -2.42. The van der Waals surface area contributed by atoms with E-state index in [4.69, 9.17) is 17.0 Å². The second-order valence-corrected chi connectivity index (χ2v) is 6.43. The third kappa shape index (κ3) is 4.78. The highest BCUT2D eigenvalue weighted by Gasteiger charge is 2.09. The molecule has 1 aromatic carbocycles. The van der Waals surface area contributed by atoms with Gasteiger partial charge in [-0.2, -0.15) is 5.10 Å². The van der Waals surface area contributed by atoms with E-state index in [0.717, 1.165) is 51.4 Å². The van der Waals surface area contributed by atoms with Crippen LogP contribution in [-0.4, -0.2) is 60.6 Å². The summed E-state index contributed by atoms with van der Waals surface area (Å²) in [7, 11) is 0. The number of H-pyrrole nitrogens is 1. The van der Waals surface area contributed by atoms with Gasteiger partial charge in [-0.25, -0.2) is 0 Å². The van der Waals surface area contributed by atoms with Crippen molar-refractivity contribution in [3.63, 3.8) is 0 Å². The van der Waals surface area contributed by atoms with Crippen LogP contribution in [0.4, 0.5) is 0 Å². The van der Waals surface area contributed by atoms with Gasteiger partial charge in [0.1, 0.15) is 0 Å². The zero-order valence-corrected chi connectivity index (χ0v) is 15.4. The zero-order valence-electron chi connectivity index (χ0n) is 14.5. The van der Waals surface area contributed by atoms with Gasteiger partial charge in [-0.05, 0) is 24.2 Å². The first kappa shape index (κ1) is 17.8. The number of fused-ring (bicyclic) bond motifs is 1. The minimum atomic E-state index is 0.540. The predicted octanol–water partition coefficient (Wildman–Crippen LogP) is 1.86. The van der Waals surface area contributed by atoms with Gasteiger partial charge in [-0.3, -0.25) is 10.3 Å². The summed E-state index contributed by atoms with van der Waals surface area (Å²) >= 11 is 5.26. The number of hydrogen-bond donors (Lipinski definition) is 3. The lowest BCUT2D eigenvalue weighted by molar-refractivity contribution is 0.0389. The first-order chi connectivity index (χ1) is 12.3. The molecule has 0 aliphatic carbocycles. The maximum atomic E-state index is 5.34. The van der Waals surface area contributed by atoms with Gasteiger partial charge in [0.05, 0.1) is 19.4 Å². The monoisotopic (exact) mass is 359 g/mol. The van der Waals surface area contributed by atoms with Crippen LogP contribution in [0.2, 0.25) is 0 Å². The van der Waals surface area contributed by atoms with Crippen LogP contribution < -0.4 is 10.7 Å². The summed E-state index contributed by atoms with van der Waals surface area (Å²) in [6.07, 6.45) is 4.78. The van der Waals surface area contributed by atoms with Crippen molar-refractivity contribution < 1.29 is 4.74 Å². The molecule has 0 spiro atoms. The number of aromatic amines is 1. The number of morpholine rings is 1. The molecule has 0 unspecified atom stereocenters. The van der Waals surface area contributed by atoms with Crippen molar-refractivity contribution in [1.82, 2.24) is 20.6 Å². The summed E-state index contributed by atoms with van der Waals surface area (Å²) in [4.78, 5) is 5.69. The maximum absolute atomic E-state index is 5.34. The second-order valence-electron chi connectivity index (χ2n) is 6.02. The number of aromatic nitrogens is 1. The van der Waals surface area contributed by atoms with Crippen LogP contribution >= 0.6 is 12.2 Å². The van der Waals surface area contributed by atoms with Crippen molar-refractivity contribution in [2.45, 2.75) is 13.3 Å². The van der Waals surface area contributed by atoms with Gasteiger partial charge in [0, 0.05) is 48.8 Å². The quantitative estimate of drug-likeness (QED) is 0.417. The van der Waals surface area contributed by atoms with Gasteiger partial charge >= 0.3 is 0 Å². The first-order valence-electron chi connectivity index (χ1n) is 8.74. The molecule has 134 valence electrons. The Labute approximate surface area is 153 Å². The van der Waals surface area contributed by atoms with Crippen LogP contribution in [0, 0.1) is 0 Å². The Morgan fingerprint density at radius 1 is 1.40 bits per heavy atom. The molecule has 1 saturated heterocycles. The number of nitrogens with one attached hydrogen (secondary N) is 3. The molecule has 0 bridgehead atoms. The number of nitrogens with zero attached hydrogens (tertiary/aromatic N) is 2. The van der Waals surface area contributed by atoms with Crippen LogP contribution in [0.1, 0.15) is 18.1 Å². The summed E-state index contributed by atoms with van der Waals surface area (Å²) in [6, 6.07) is 6.33. The van der Waals surface area contributed by atoms with E-state index in [0.29, 0.717) is 5.11 Å². The lowest BCUT2D eigenvalue weighted by Gasteiger charge is -2.26. The standard InChI is InChI=1S/C18H25N5OS/c1-2-14-4-3-5-16-15(12-20-17(14)16)13-21-22-18(25)19-6-7-23-8-10-24-11-9-23/h3-5,12-13,20H,2,6-11H2,1H3,(H2,19,22,25)/b21-13+. The number of hydrogen-bond acceptors (Lipinski definition) is 4. The Balaban J connectivity index is 1.47. The van der Waals surface area contributed by atoms with Crippen molar-refractivity contribution in [2.75, 3.05) is 39.4 Å². The number of hydrazone groups is 1. The molecule has 1 fully saturated rings. The van der Waals surface area contributed by atoms with Gasteiger partial charge in [0.15, 0.2) is 5.11 Å². The molecule has 0 saturated carbocycles. The minimum Gasteiger partial charge on any atom is -0.379 e. The summed E-state index contributed by atoms with van der Waals surface area (Å²) in [5.74, 6) is 0. The fraction of sp³-hybridized carbons (Fsp3) is 0.444. The topological polar surface area (TPSA) is 64.7 Å². The molecule has 6 nitrogen and oxygen atoms in total. The van der Waals surface area contributed by atoms with Crippen molar-refractivity contribution in [2.24, 2.45) is 5.10 Å². The highest BCUT2D eigenvalue weighted by molar-refractivity contribution is 7.80. The molecular weight excluding hydrogens is 334 g/mol. The molecule has 0 atom stereocenters. The highest BCUT2D eigenvalue weighted by atomic mass is 32.1. The highest BCUT2D eigenvalue weighted by Crippen LogP contribution is 2.20. The van der Waals surface area contributed by atoms with Gasteiger partial charge in [-0.1, -0.05) is 25.1 Å². The van der Waals surface area contributed by atoms with E-state index in [1.807, 2.05) is 6.20 Å². The van der Waals surface area contributed by atoms with Crippen LogP contribution in [0.3, 0.4) is 0 Å². The van der Waals surface area contributed by atoms with Crippen molar-refractivity contribution in [3.05, 3.63) is 35.5 Å². The largest absolute Gasteiger partial charge is 0.379 e. The molecule has 1 aliphatic rings. The molecule has 0 amide bonds. The van der Waals surface area contributed by atoms with E-state index in [9.17, 15) is 0 Å². The molecule has 3 rings (SSSR count). The fourth-order valence-corrected chi connectivity index (χ4v) is 3.15. The molecule has 1 aliphatic heterocycles. The van der Waals surface area contributed by atoms with Gasteiger partial charge < -0.3 is 15.0 Å². The van der Waals surface area contributed by atoms with E-state index in [1.165, 1.54) is 16.5 Å². The van der Waals surface area contributed by atoms with Crippen LogP contribution in [0.15, 0.2) is 29.5 Å². The Kier molecular flexibility index (Phi) is 6.38. The first-order valence-corrected chi connectivity index (χ1v) is 9.14. The third-order valence-corrected chi connectivity index (χ3v) is 4.64. The van der Waals surface area contributed by atoms with E-state index in [-0.39, 0.29) is 0 Å². The molecule has 2 heterocycles. The van der Waals surface area contributed by atoms with Gasteiger partial charge in [0.2, 0.25) is 0 Å². The number of thiocarbonyl (C=S) groups is 1. The van der Waals surface area contributed by atoms with E-state index in [2.05, 4.69) is 50.9 Å². The summed E-state index contributed by atoms with van der Waals surface area (Å²) in [5, 5.41) is 9.15. The maximum Gasteiger partial charge on any atom is 0.187 e. The number of para-hydroxylation sites is 1. The molecule has 1 aromatic heterocycles. The summed E-state index contributed by atoms with van der Waals surface area (Å²) in [6.45, 7) is 7.52. The SMILES string of the molecule is CCc1cccc2c(/C=N/NC(=S)NCCN3CCOCC3)c[nH]c12. The van der Waals surface area contributed by atoms with E-state index >= 15 is 0 Å². The van der Waals surface area contributed by atoms with Crippen molar-refractivity contribution in [3.8, 4) is 0 Å². The molecule has 2 aromatic rings. The van der Waals surface area contributed by atoms with Crippen LogP contribution in [0.25, 0.3) is 10.9 Å². The zero-order chi connectivity index (χ0) is 17.5. The number of ether oxygens (including phenoxy) is 1. The molecule has 3 N–H and O–H groups in total. The van der Waals surface area contributed by atoms with Crippen LogP contribution in [-0.2, 0) is 11.2 Å². The Morgan fingerprint density at radius 3 is 3.04 bits per heavy atom. The van der Waals surface area contributed by atoms with Crippen LogP contribution in [0.5, 0.6) is 0 Å². The number of aryl methyl sites for hydroxylation is 1. The fourth-order valence-electron chi connectivity index (χ4n) is 2.99. The predicted molar refractivity (Wildman–Crippen MR) is 106 cm³/mol. The van der Waals surface area contributed by atoms with Gasteiger partial charge in [0.25, 0.3) is 0 Å². The Morgan fingerprint density at radius 2 is 2.24 bits per heavy atom. The minimum absolute atomic E-state index is 0.540. The van der Waals surface area contributed by atoms with Gasteiger partial charge in [-0.15, -0.1) is 0 Å². The molecule has 7 heteroatoms. The van der Waals surface area contributed by atoms with Crippen molar-refractivity contribution in [1.29, 1.82) is 0 Å². The molecule has 25 heavy (non-hydrogen) atoms. The molecular formula is C18H25N5OS. The number of rotatable bonds is 6.